The third-order valence-corrected chi connectivity index (χ3v) is 11.5. The van der Waals surface area contributed by atoms with Crippen molar-refractivity contribution in [2.24, 2.45) is 0 Å². The molecule has 240 valence electrons. The van der Waals surface area contributed by atoms with Crippen LogP contribution < -0.4 is 51.9 Å². The fraction of sp³-hybridized carbons (Fsp3) is 0.182. The topological polar surface area (TPSA) is 30.9 Å². The monoisotopic (exact) mass is 647 g/mol. The summed E-state index contributed by atoms with van der Waals surface area (Å²) in [4.78, 5) is 2.49. The molecule has 0 amide bonds. The van der Waals surface area contributed by atoms with E-state index in [-0.39, 0.29) is 24.3 Å². The second-order valence-corrected chi connectivity index (χ2v) is 16.5. The quantitative estimate of drug-likeness (QED) is 0.174. The normalized spacial score (nSPS) is 15.0. The molecule has 0 bridgehead atoms. The van der Waals surface area contributed by atoms with Gasteiger partial charge in [-0.2, -0.15) is 0 Å². The van der Waals surface area contributed by atoms with Crippen LogP contribution in [0.2, 0.25) is 0 Å². The van der Waals surface area contributed by atoms with E-state index in [1.807, 2.05) is 0 Å². The van der Waals surface area contributed by atoms with E-state index in [2.05, 4.69) is 150 Å². The van der Waals surface area contributed by atoms with Gasteiger partial charge in [0.2, 0.25) is 0 Å². The highest BCUT2D eigenvalue weighted by Gasteiger charge is 2.54. The van der Waals surface area contributed by atoms with Gasteiger partial charge in [-0.25, -0.2) is 0 Å². The summed E-state index contributed by atoms with van der Waals surface area (Å²) in [7, 11) is 0. The number of ether oxygens (including phenoxy) is 3. The smallest absolute Gasteiger partial charge is 0.256 e. The highest BCUT2D eigenvalue weighted by atomic mass is 16.5. The fourth-order valence-electron chi connectivity index (χ4n) is 9.07. The lowest BCUT2D eigenvalue weighted by molar-refractivity contribution is 0.466. The van der Waals surface area contributed by atoms with Crippen LogP contribution in [0.4, 0.5) is 17.1 Å². The number of hydrogen-bond acceptors (Lipinski definition) is 4. The van der Waals surface area contributed by atoms with E-state index >= 15 is 0 Å². The largest absolute Gasteiger partial charge is 0.458 e. The Hall–Kier alpha value is -5.35. The predicted molar refractivity (Wildman–Crippen MR) is 206 cm³/mol. The third-order valence-electron chi connectivity index (χ3n) is 11.5. The Bertz CT molecular complexity index is 2360. The minimum absolute atomic E-state index is 0.0181. The summed E-state index contributed by atoms with van der Waals surface area (Å²) in [5, 5.41) is 0. The zero-order chi connectivity index (χ0) is 33.8. The molecular weight excluding hydrogens is 612 g/mol. The van der Waals surface area contributed by atoms with Crippen molar-refractivity contribution in [1.82, 2.24) is 0 Å². The van der Waals surface area contributed by atoms with Crippen LogP contribution in [0.25, 0.3) is 11.1 Å². The minimum atomic E-state index is -0.0524. The van der Waals surface area contributed by atoms with E-state index in [1.54, 1.807) is 0 Å². The molecule has 11 rings (SSSR count). The van der Waals surface area contributed by atoms with Gasteiger partial charge in [0.25, 0.3) is 13.4 Å². The number of anilines is 3. The molecule has 5 heterocycles. The Kier molecular flexibility index (Phi) is 5.27. The lowest BCUT2D eigenvalue weighted by Crippen LogP contribution is -2.67. The van der Waals surface area contributed by atoms with Crippen molar-refractivity contribution in [3.8, 4) is 45.6 Å². The summed E-state index contributed by atoms with van der Waals surface area (Å²) in [6.07, 6.45) is 0. The van der Waals surface area contributed by atoms with Crippen molar-refractivity contribution in [1.29, 1.82) is 0 Å². The minimum Gasteiger partial charge on any atom is -0.458 e. The lowest BCUT2D eigenvalue weighted by Gasteiger charge is -2.49. The van der Waals surface area contributed by atoms with Crippen LogP contribution in [-0.4, -0.2) is 13.4 Å². The summed E-state index contributed by atoms with van der Waals surface area (Å²) in [6, 6.07) is 37.4. The second-order valence-electron chi connectivity index (χ2n) is 16.5. The molecule has 50 heavy (non-hydrogen) atoms. The van der Waals surface area contributed by atoms with E-state index in [1.165, 1.54) is 49.6 Å². The molecule has 6 aromatic carbocycles. The molecule has 5 aliphatic heterocycles. The van der Waals surface area contributed by atoms with Crippen LogP contribution in [0, 0.1) is 0 Å². The van der Waals surface area contributed by atoms with Crippen molar-refractivity contribution < 1.29 is 14.2 Å². The molecule has 0 atom stereocenters. The van der Waals surface area contributed by atoms with E-state index in [4.69, 9.17) is 14.2 Å². The van der Waals surface area contributed by atoms with E-state index in [9.17, 15) is 0 Å². The van der Waals surface area contributed by atoms with Crippen molar-refractivity contribution in [2.75, 3.05) is 4.90 Å². The first-order chi connectivity index (χ1) is 24.1. The molecule has 4 nitrogen and oxygen atoms in total. The maximum absolute atomic E-state index is 7.21. The number of nitrogens with zero attached hydrogens (tertiary/aromatic N) is 1. The number of rotatable bonds is 1. The molecule has 6 heteroatoms. The van der Waals surface area contributed by atoms with Crippen molar-refractivity contribution in [2.45, 2.75) is 52.4 Å². The second kappa shape index (κ2) is 9.25. The Morgan fingerprint density at radius 3 is 1.44 bits per heavy atom. The van der Waals surface area contributed by atoms with Gasteiger partial charge in [0.1, 0.15) is 23.0 Å². The molecule has 0 saturated heterocycles. The van der Waals surface area contributed by atoms with Gasteiger partial charge >= 0.3 is 0 Å². The van der Waals surface area contributed by atoms with Gasteiger partial charge in [0.05, 0.1) is 16.9 Å². The van der Waals surface area contributed by atoms with Crippen LogP contribution in [0.3, 0.4) is 0 Å². The summed E-state index contributed by atoms with van der Waals surface area (Å²) in [5.41, 5.74) is 15.3. The van der Waals surface area contributed by atoms with Gasteiger partial charge in [0.15, 0.2) is 11.5 Å². The van der Waals surface area contributed by atoms with E-state index in [0.717, 1.165) is 57.0 Å². The Morgan fingerprint density at radius 2 is 0.960 bits per heavy atom. The Balaban J connectivity index is 1.33. The van der Waals surface area contributed by atoms with E-state index in [0.29, 0.717) is 0 Å². The maximum Gasteiger partial charge on any atom is 0.256 e. The molecule has 0 fully saturated rings. The van der Waals surface area contributed by atoms with Gasteiger partial charge < -0.3 is 19.1 Å². The van der Waals surface area contributed by atoms with E-state index < -0.39 is 0 Å². The summed E-state index contributed by atoms with van der Waals surface area (Å²) >= 11 is 0. The first kappa shape index (κ1) is 28.5. The molecule has 6 aromatic rings. The van der Waals surface area contributed by atoms with Gasteiger partial charge in [0, 0.05) is 5.69 Å². The first-order valence-corrected chi connectivity index (χ1v) is 17.8. The van der Waals surface area contributed by atoms with Crippen LogP contribution >= 0.6 is 0 Å². The van der Waals surface area contributed by atoms with Gasteiger partial charge in [-0.3, -0.25) is 0 Å². The lowest BCUT2D eigenvalue weighted by atomic mass is 9.29. The zero-order valence-electron chi connectivity index (χ0n) is 29.1. The molecule has 0 aromatic heterocycles. The van der Waals surface area contributed by atoms with Crippen LogP contribution in [0.15, 0.2) is 103 Å². The molecule has 0 unspecified atom stereocenters. The summed E-state index contributed by atoms with van der Waals surface area (Å²) in [5.74, 6) is 5.30. The van der Waals surface area contributed by atoms with Crippen LogP contribution in [-0.2, 0) is 10.8 Å². The summed E-state index contributed by atoms with van der Waals surface area (Å²) < 4.78 is 21.3. The average molecular weight is 647 g/mol. The molecular formula is C44H35B2NO3. The number of fused-ring (bicyclic) bond motifs is 6. The van der Waals surface area contributed by atoms with Gasteiger partial charge in [-0.15, -0.1) is 0 Å². The number of para-hydroxylation sites is 2. The van der Waals surface area contributed by atoms with Crippen molar-refractivity contribution >= 4 is 63.3 Å². The number of hydrogen-bond donors (Lipinski definition) is 0. The molecule has 0 aliphatic carbocycles. The SMILES string of the molecule is CC(C)(C)c1ccc2c(c1)B1c3cccc4c3N3c5c(cccc5B5c6cc(C(C)(C)C)ccc6Oc6c5c3c1c(c6-c1ccccc1)O2)O4. The average Bonchev–Trinajstić information content (AvgIpc) is 3.10. The van der Waals surface area contributed by atoms with Crippen LogP contribution in [0.1, 0.15) is 52.7 Å². The molecule has 0 spiro atoms. The van der Waals surface area contributed by atoms with Crippen molar-refractivity contribution in [3.05, 3.63) is 114 Å². The number of benzene rings is 6. The molecule has 0 N–H and O–H groups in total. The standard InChI is InChI=1S/C44H35B2NO3/c1-43(2,3)25-18-20-31-29(22-25)45-27-14-10-16-33-38(27)47-39-28(15-11-17-34(39)48-33)46-30-23-26(44(4,5)6)19-21-32(30)50-42-35(24-12-8-7-9-13-24)41(49-31)36(45)40(47)37(42)46/h7-23H,1-6H3. The third kappa shape index (κ3) is 3.54. The Labute approximate surface area is 293 Å². The highest BCUT2D eigenvalue weighted by molar-refractivity contribution is 7.04. The summed E-state index contributed by atoms with van der Waals surface area (Å²) in [6.45, 7) is 13.6. The highest BCUT2D eigenvalue weighted by Crippen LogP contribution is 2.56. The molecule has 0 radical (unpaired) electrons. The maximum atomic E-state index is 7.21. The zero-order valence-corrected chi connectivity index (χ0v) is 29.1. The molecule has 0 saturated carbocycles. The fourth-order valence-corrected chi connectivity index (χ4v) is 9.07. The van der Waals surface area contributed by atoms with Gasteiger partial charge in [-0.1, -0.05) is 120 Å². The van der Waals surface area contributed by atoms with Gasteiger partial charge in [-0.05, 0) is 84.6 Å². The van der Waals surface area contributed by atoms with Crippen LogP contribution in [0.5, 0.6) is 34.5 Å². The van der Waals surface area contributed by atoms with Crippen molar-refractivity contribution in [3.63, 3.8) is 0 Å². The Morgan fingerprint density at radius 1 is 0.460 bits per heavy atom. The first-order valence-electron chi connectivity index (χ1n) is 17.8. The molecule has 5 aliphatic rings. The predicted octanol–water partition coefficient (Wildman–Crippen LogP) is 7.39.